The predicted octanol–water partition coefficient (Wildman–Crippen LogP) is 10.8. The van der Waals surface area contributed by atoms with Crippen LogP contribution in [0.2, 0.25) is 13.1 Å². The Hall–Kier alpha value is -6.56. The maximum Gasteiger partial charge on any atom is 0.161 e. The highest BCUT2D eigenvalue weighted by atomic mass is 28.3. The van der Waals surface area contributed by atoms with Gasteiger partial charge in [-0.1, -0.05) is 134 Å². The zero-order valence-electron chi connectivity index (χ0n) is 29.5. The maximum atomic E-state index is 5.57. The molecule has 0 atom stereocenters. The van der Waals surface area contributed by atoms with Crippen molar-refractivity contribution < 1.29 is 0 Å². The molecule has 250 valence electrons. The molecular formula is C48H34N4Si. The number of hydrogen-bond acceptors (Lipinski definition) is 2. The van der Waals surface area contributed by atoms with E-state index in [1.807, 2.05) is 0 Å². The van der Waals surface area contributed by atoms with Gasteiger partial charge in [0.05, 0.1) is 33.4 Å². The van der Waals surface area contributed by atoms with Crippen LogP contribution in [-0.2, 0) is 0 Å². The molecule has 53 heavy (non-hydrogen) atoms. The van der Waals surface area contributed by atoms with Gasteiger partial charge in [0.1, 0.15) is 8.07 Å². The van der Waals surface area contributed by atoms with Crippen LogP contribution in [0.1, 0.15) is 0 Å². The van der Waals surface area contributed by atoms with E-state index in [-0.39, 0.29) is 0 Å². The number of rotatable bonds is 4. The van der Waals surface area contributed by atoms with Gasteiger partial charge in [0.25, 0.3) is 0 Å². The number of aromatic nitrogens is 4. The molecule has 0 unspecified atom stereocenters. The molecule has 0 aliphatic carbocycles. The van der Waals surface area contributed by atoms with Gasteiger partial charge in [0.15, 0.2) is 5.82 Å². The summed E-state index contributed by atoms with van der Waals surface area (Å²) in [5, 5.41) is 7.52. The zero-order chi connectivity index (χ0) is 35.3. The van der Waals surface area contributed by atoms with Crippen molar-refractivity contribution in [3.8, 4) is 45.1 Å². The summed E-state index contributed by atoms with van der Waals surface area (Å²) in [6.07, 6.45) is 0. The van der Waals surface area contributed by atoms with E-state index in [1.165, 1.54) is 54.2 Å². The molecular weight excluding hydrogens is 661 g/mol. The van der Waals surface area contributed by atoms with E-state index in [1.54, 1.807) is 0 Å². The molecule has 0 saturated carbocycles. The van der Waals surface area contributed by atoms with Crippen LogP contribution >= 0.6 is 0 Å². The number of para-hydroxylation sites is 4. The second-order valence-corrected chi connectivity index (χ2v) is 18.9. The van der Waals surface area contributed by atoms with Crippen LogP contribution in [0, 0.1) is 0 Å². The summed E-state index contributed by atoms with van der Waals surface area (Å²) in [7, 11) is -2.12. The van der Waals surface area contributed by atoms with E-state index >= 15 is 0 Å². The first-order valence-electron chi connectivity index (χ1n) is 18.3. The van der Waals surface area contributed by atoms with Crippen LogP contribution in [0.3, 0.4) is 0 Å². The standard InChI is InChI=1S/C48H34N4Si/c1-53(2)44-28-16-12-24-36(44)45-46(31-17-5-3-6-18-31)49-47(50-48(45)53)35-23-11-15-27-41(35)52-40-26-14-10-22-34(40)38-29-42-37(30-43(38)52)33-21-9-13-25-39(33)51(42)32-19-7-4-8-20-32/h3-30H,1-2H3. The van der Waals surface area contributed by atoms with Gasteiger partial charge in [-0.2, -0.15) is 0 Å². The highest BCUT2D eigenvalue weighted by Crippen LogP contribution is 2.42. The van der Waals surface area contributed by atoms with E-state index in [2.05, 4.69) is 192 Å². The van der Waals surface area contributed by atoms with Gasteiger partial charge in [0, 0.05) is 49.2 Å². The van der Waals surface area contributed by atoms with Gasteiger partial charge < -0.3 is 9.13 Å². The molecule has 10 aromatic rings. The Labute approximate surface area is 308 Å². The van der Waals surface area contributed by atoms with Crippen molar-refractivity contribution in [1.29, 1.82) is 0 Å². The highest BCUT2D eigenvalue weighted by molar-refractivity contribution is 7.03. The molecule has 3 aromatic heterocycles. The lowest BCUT2D eigenvalue weighted by molar-refractivity contribution is 1.15. The first-order valence-corrected chi connectivity index (χ1v) is 21.3. The smallest absolute Gasteiger partial charge is 0.161 e. The molecule has 4 nitrogen and oxygen atoms in total. The molecule has 7 aromatic carbocycles. The van der Waals surface area contributed by atoms with Gasteiger partial charge in [-0.25, -0.2) is 9.97 Å². The summed E-state index contributed by atoms with van der Waals surface area (Å²) in [6, 6.07) is 61.2. The Balaban J connectivity index is 1.22. The molecule has 0 amide bonds. The van der Waals surface area contributed by atoms with Gasteiger partial charge in [0.2, 0.25) is 0 Å². The average molecular weight is 695 g/mol. The Morgan fingerprint density at radius 1 is 0.453 bits per heavy atom. The van der Waals surface area contributed by atoms with E-state index in [0.29, 0.717) is 0 Å². The average Bonchev–Trinajstić information content (AvgIpc) is 3.80. The van der Waals surface area contributed by atoms with Crippen LogP contribution in [-0.4, -0.2) is 27.2 Å². The maximum absolute atomic E-state index is 5.57. The minimum atomic E-state index is -2.12. The lowest BCUT2D eigenvalue weighted by Crippen LogP contribution is -2.50. The van der Waals surface area contributed by atoms with Crippen LogP contribution in [0.25, 0.3) is 88.8 Å². The molecule has 0 fully saturated rings. The Kier molecular flexibility index (Phi) is 6.37. The van der Waals surface area contributed by atoms with Crippen LogP contribution in [0.15, 0.2) is 170 Å². The monoisotopic (exact) mass is 694 g/mol. The molecule has 4 heterocycles. The van der Waals surface area contributed by atoms with E-state index in [0.717, 1.165) is 45.1 Å². The Morgan fingerprint density at radius 3 is 1.72 bits per heavy atom. The van der Waals surface area contributed by atoms with Crippen molar-refractivity contribution >= 4 is 62.2 Å². The molecule has 0 spiro atoms. The lowest BCUT2D eigenvalue weighted by atomic mass is 10.0. The second-order valence-electron chi connectivity index (χ2n) is 14.6. The van der Waals surface area contributed by atoms with Crippen molar-refractivity contribution in [3.63, 3.8) is 0 Å². The summed E-state index contributed by atoms with van der Waals surface area (Å²) in [6.45, 7) is 4.86. The number of fused-ring (bicyclic) bond motifs is 9. The third kappa shape index (κ3) is 4.29. The topological polar surface area (TPSA) is 35.6 Å². The summed E-state index contributed by atoms with van der Waals surface area (Å²) in [5.41, 5.74) is 12.5. The fraction of sp³-hybridized carbons (Fsp3) is 0.0417. The minimum absolute atomic E-state index is 0.763. The second kappa shape index (κ2) is 11.2. The van der Waals surface area contributed by atoms with Crippen molar-refractivity contribution in [1.82, 2.24) is 19.1 Å². The van der Waals surface area contributed by atoms with E-state index < -0.39 is 8.07 Å². The minimum Gasteiger partial charge on any atom is -0.309 e. The summed E-state index contributed by atoms with van der Waals surface area (Å²) in [4.78, 5) is 11.1. The molecule has 1 aliphatic heterocycles. The zero-order valence-corrected chi connectivity index (χ0v) is 30.5. The SMILES string of the molecule is C[Si]1(C)c2ccccc2-c2c(-c3ccccc3)nc(-c3ccccc3-n3c4ccccc4c4cc5c(cc43)c3ccccc3n5-c3ccccc3)nc21. The van der Waals surface area contributed by atoms with Crippen LogP contribution < -0.4 is 10.5 Å². The normalized spacial score (nSPS) is 13.2. The van der Waals surface area contributed by atoms with Gasteiger partial charge >= 0.3 is 0 Å². The first kappa shape index (κ1) is 30.1. The van der Waals surface area contributed by atoms with Gasteiger partial charge in [-0.05, 0) is 59.3 Å². The summed E-state index contributed by atoms with van der Waals surface area (Å²) in [5.74, 6) is 0.763. The van der Waals surface area contributed by atoms with E-state index in [9.17, 15) is 0 Å². The lowest BCUT2D eigenvalue weighted by Gasteiger charge is -2.20. The summed E-state index contributed by atoms with van der Waals surface area (Å²) < 4.78 is 4.83. The largest absolute Gasteiger partial charge is 0.309 e. The van der Waals surface area contributed by atoms with Gasteiger partial charge in [-0.3, -0.25) is 0 Å². The third-order valence-electron chi connectivity index (χ3n) is 11.3. The van der Waals surface area contributed by atoms with Crippen molar-refractivity contribution in [2.45, 2.75) is 13.1 Å². The molecule has 1 aliphatic rings. The Bertz CT molecular complexity index is 3080. The third-order valence-corrected chi connectivity index (χ3v) is 14.6. The van der Waals surface area contributed by atoms with Crippen molar-refractivity contribution in [3.05, 3.63) is 170 Å². The van der Waals surface area contributed by atoms with Crippen molar-refractivity contribution in [2.75, 3.05) is 0 Å². The molecule has 0 N–H and O–H groups in total. The van der Waals surface area contributed by atoms with Crippen LogP contribution in [0.5, 0.6) is 0 Å². The van der Waals surface area contributed by atoms with E-state index in [4.69, 9.17) is 9.97 Å². The molecule has 0 radical (unpaired) electrons. The molecule has 5 heteroatoms. The molecule has 11 rings (SSSR count). The number of nitrogens with zero attached hydrogens (tertiary/aromatic N) is 4. The fourth-order valence-electron chi connectivity index (χ4n) is 8.87. The number of hydrogen-bond donors (Lipinski definition) is 0. The van der Waals surface area contributed by atoms with Crippen molar-refractivity contribution in [2.24, 2.45) is 0 Å². The molecule has 0 saturated heterocycles. The number of benzene rings is 7. The fourth-order valence-corrected chi connectivity index (χ4v) is 11.8. The Morgan fingerprint density at radius 2 is 1.00 bits per heavy atom. The molecule has 0 bridgehead atoms. The van der Waals surface area contributed by atoms with Crippen LogP contribution in [0.4, 0.5) is 0 Å². The first-order chi connectivity index (χ1) is 26.1. The van der Waals surface area contributed by atoms with Gasteiger partial charge in [-0.15, -0.1) is 0 Å². The quantitative estimate of drug-likeness (QED) is 0.172. The summed E-state index contributed by atoms with van der Waals surface area (Å²) >= 11 is 0. The predicted molar refractivity (Wildman–Crippen MR) is 224 cm³/mol. The highest BCUT2D eigenvalue weighted by Gasteiger charge is 2.41.